The van der Waals surface area contributed by atoms with E-state index in [-0.39, 0.29) is 22.8 Å². The van der Waals surface area contributed by atoms with Gasteiger partial charge in [0.2, 0.25) is 5.91 Å². The number of amides is 1. The van der Waals surface area contributed by atoms with Gasteiger partial charge in [0, 0.05) is 5.69 Å². The summed E-state index contributed by atoms with van der Waals surface area (Å²) in [7, 11) is -0.424. The second-order valence-corrected chi connectivity index (χ2v) is 13.3. The van der Waals surface area contributed by atoms with E-state index in [9.17, 15) is 9.59 Å². The van der Waals surface area contributed by atoms with Crippen molar-refractivity contribution in [2.75, 3.05) is 12.0 Å². The summed E-state index contributed by atoms with van der Waals surface area (Å²) < 4.78 is 11.6. The fraction of sp³-hybridized carbons (Fsp3) is 0.600. The van der Waals surface area contributed by atoms with E-state index in [1.807, 2.05) is 19.1 Å². The monoisotopic (exact) mass is 377 g/mol. The number of benzene rings is 1. The summed E-state index contributed by atoms with van der Waals surface area (Å²) in [5, 5.41) is 0.0510. The van der Waals surface area contributed by atoms with Crippen LogP contribution in [0, 0.1) is 5.92 Å². The quantitative estimate of drug-likeness (QED) is 0.555. The Hall–Kier alpha value is -1.66. The molecule has 1 aromatic carbocycles. The third kappa shape index (κ3) is 3.71. The average Bonchev–Trinajstić information content (AvgIpc) is 2.51. The summed E-state index contributed by atoms with van der Waals surface area (Å²) in [4.78, 5) is 26.8. The Bertz CT molecular complexity index is 678. The molecule has 0 radical (unpaired) electrons. The van der Waals surface area contributed by atoms with Crippen molar-refractivity contribution >= 4 is 25.7 Å². The number of carbonyl (C=O) groups excluding carboxylic acids is 2. The highest BCUT2D eigenvalue weighted by Gasteiger charge is 2.54. The standard InChI is InChI=1S/C20H31NO4Si/c1-13(22)18-17(14(2)25-26(7,8)20(3,4)5)19(23)21(18)15-9-11-16(24-6)12-10-15/h9-12,14,17-18H,1-8H3/t14?,17-,18-/m0/s1. The Morgan fingerprint density at radius 2 is 1.73 bits per heavy atom. The number of ketones is 1. The second kappa shape index (κ2) is 7.16. The van der Waals surface area contributed by atoms with Crippen molar-refractivity contribution in [2.24, 2.45) is 5.92 Å². The molecule has 0 spiro atoms. The summed E-state index contributed by atoms with van der Waals surface area (Å²) in [6, 6.07) is 6.73. The summed E-state index contributed by atoms with van der Waals surface area (Å²) in [5.41, 5.74) is 0.715. The summed E-state index contributed by atoms with van der Waals surface area (Å²) >= 11 is 0. The van der Waals surface area contributed by atoms with Crippen LogP contribution in [-0.2, 0) is 14.0 Å². The number of methoxy groups -OCH3 is 1. The van der Waals surface area contributed by atoms with Crippen molar-refractivity contribution < 1.29 is 18.8 Å². The van der Waals surface area contributed by atoms with Crippen molar-refractivity contribution in [1.29, 1.82) is 0 Å². The number of rotatable bonds is 6. The average molecular weight is 378 g/mol. The van der Waals surface area contributed by atoms with E-state index in [1.165, 1.54) is 0 Å². The summed E-state index contributed by atoms with van der Waals surface area (Å²) in [6.07, 6.45) is -0.285. The highest BCUT2D eigenvalue weighted by molar-refractivity contribution is 6.74. The summed E-state index contributed by atoms with van der Waals surface area (Å²) in [6.45, 7) is 14.3. The van der Waals surface area contributed by atoms with E-state index in [0.717, 1.165) is 0 Å². The maximum Gasteiger partial charge on any atom is 0.235 e. The molecule has 1 aliphatic rings. The Kier molecular flexibility index (Phi) is 5.68. The number of ether oxygens (including phenoxy) is 1. The van der Waals surface area contributed by atoms with Gasteiger partial charge in [-0.1, -0.05) is 20.8 Å². The molecular formula is C20H31NO4Si. The first-order chi connectivity index (χ1) is 11.9. The van der Waals surface area contributed by atoms with Crippen LogP contribution in [0.4, 0.5) is 5.69 Å². The lowest BCUT2D eigenvalue weighted by Crippen LogP contribution is -2.68. The lowest BCUT2D eigenvalue weighted by Gasteiger charge is -2.50. The topological polar surface area (TPSA) is 55.8 Å². The molecule has 3 atom stereocenters. The fourth-order valence-corrected chi connectivity index (χ4v) is 4.58. The van der Waals surface area contributed by atoms with E-state index in [2.05, 4.69) is 33.9 Å². The maximum atomic E-state index is 12.9. The number of nitrogens with zero attached hydrogens (tertiary/aromatic N) is 1. The minimum absolute atomic E-state index is 0.0175. The van der Waals surface area contributed by atoms with Crippen molar-refractivity contribution in [2.45, 2.75) is 64.9 Å². The number of hydrogen-bond acceptors (Lipinski definition) is 4. The lowest BCUT2D eigenvalue weighted by atomic mass is 9.80. The normalized spacial score (nSPS) is 22.0. The highest BCUT2D eigenvalue weighted by Crippen LogP contribution is 2.42. The minimum atomic E-state index is -2.02. The number of anilines is 1. The molecule has 1 heterocycles. The van der Waals surface area contributed by atoms with Crippen LogP contribution in [0.15, 0.2) is 24.3 Å². The predicted octanol–water partition coefficient (Wildman–Crippen LogP) is 4.03. The molecule has 0 N–H and O–H groups in total. The molecule has 1 unspecified atom stereocenters. The Balaban J connectivity index is 2.23. The van der Waals surface area contributed by atoms with Gasteiger partial charge < -0.3 is 14.1 Å². The third-order valence-electron chi connectivity index (χ3n) is 5.70. The highest BCUT2D eigenvalue weighted by atomic mass is 28.4. The third-order valence-corrected chi connectivity index (χ3v) is 10.3. The van der Waals surface area contributed by atoms with Gasteiger partial charge >= 0.3 is 0 Å². The SMILES string of the molecule is COc1ccc(N2C(=O)[C@@H](C(C)O[Si](C)(C)C(C)(C)C)[C@@H]2C(C)=O)cc1. The van der Waals surface area contributed by atoms with Crippen molar-refractivity contribution in [3.05, 3.63) is 24.3 Å². The first-order valence-corrected chi connectivity index (χ1v) is 12.0. The Labute approximate surface area is 157 Å². The molecular weight excluding hydrogens is 346 g/mol. The smallest absolute Gasteiger partial charge is 0.235 e. The van der Waals surface area contributed by atoms with Crippen LogP contribution in [0.5, 0.6) is 5.75 Å². The van der Waals surface area contributed by atoms with Crippen LogP contribution in [0.1, 0.15) is 34.6 Å². The number of Topliss-reactive ketones (excluding diaryl/α,β-unsaturated/α-hetero) is 1. The zero-order valence-electron chi connectivity index (χ0n) is 17.1. The fourth-order valence-electron chi connectivity index (χ4n) is 3.15. The number of carbonyl (C=O) groups is 2. The molecule has 1 aromatic rings. The van der Waals surface area contributed by atoms with Gasteiger partial charge in [-0.15, -0.1) is 0 Å². The molecule has 0 aliphatic carbocycles. The van der Waals surface area contributed by atoms with Crippen LogP contribution in [0.25, 0.3) is 0 Å². The van der Waals surface area contributed by atoms with Gasteiger partial charge in [0.25, 0.3) is 0 Å². The molecule has 1 saturated heterocycles. The van der Waals surface area contributed by atoms with Gasteiger partial charge in [-0.3, -0.25) is 9.59 Å². The molecule has 26 heavy (non-hydrogen) atoms. The number of hydrogen-bond donors (Lipinski definition) is 0. The zero-order chi connectivity index (χ0) is 19.9. The predicted molar refractivity (Wildman–Crippen MR) is 106 cm³/mol. The largest absolute Gasteiger partial charge is 0.497 e. The molecule has 6 heteroatoms. The van der Waals surface area contributed by atoms with Crippen LogP contribution < -0.4 is 9.64 Å². The van der Waals surface area contributed by atoms with E-state index >= 15 is 0 Å². The molecule has 1 aliphatic heterocycles. The second-order valence-electron chi connectivity index (χ2n) is 8.57. The van der Waals surface area contributed by atoms with E-state index in [4.69, 9.17) is 9.16 Å². The molecule has 0 aromatic heterocycles. The van der Waals surface area contributed by atoms with Crippen LogP contribution in [0.3, 0.4) is 0 Å². The first kappa shape index (κ1) is 20.6. The lowest BCUT2D eigenvalue weighted by molar-refractivity contribution is -0.141. The van der Waals surface area contributed by atoms with Crippen LogP contribution >= 0.6 is 0 Å². The van der Waals surface area contributed by atoms with E-state index in [0.29, 0.717) is 11.4 Å². The van der Waals surface area contributed by atoms with Crippen LogP contribution in [-0.4, -0.2) is 39.3 Å². The first-order valence-electron chi connectivity index (χ1n) is 9.06. The van der Waals surface area contributed by atoms with Gasteiger partial charge in [-0.25, -0.2) is 0 Å². The van der Waals surface area contributed by atoms with Gasteiger partial charge in [0.05, 0.1) is 19.1 Å². The summed E-state index contributed by atoms with van der Waals surface area (Å²) in [5.74, 6) is 0.216. The molecule has 1 amide bonds. The number of β-lactam (4-membered cyclic amide) rings is 1. The van der Waals surface area contributed by atoms with E-state index < -0.39 is 20.3 Å². The molecule has 0 bridgehead atoms. The van der Waals surface area contributed by atoms with Gasteiger partial charge in [0.15, 0.2) is 14.1 Å². The van der Waals surface area contributed by atoms with Gasteiger partial charge in [0.1, 0.15) is 11.8 Å². The van der Waals surface area contributed by atoms with Crippen LogP contribution in [0.2, 0.25) is 18.1 Å². The molecule has 2 rings (SSSR count). The van der Waals surface area contributed by atoms with Gasteiger partial charge in [-0.2, -0.15) is 0 Å². The van der Waals surface area contributed by atoms with E-state index in [1.54, 1.807) is 31.1 Å². The zero-order valence-corrected chi connectivity index (χ0v) is 18.1. The maximum absolute atomic E-state index is 12.9. The molecule has 0 saturated carbocycles. The minimum Gasteiger partial charge on any atom is -0.497 e. The molecule has 5 nitrogen and oxygen atoms in total. The Morgan fingerprint density at radius 3 is 2.15 bits per heavy atom. The molecule has 1 fully saturated rings. The van der Waals surface area contributed by atoms with Crippen molar-refractivity contribution in [3.63, 3.8) is 0 Å². The van der Waals surface area contributed by atoms with Crippen molar-refractivity contribution in [1.82, 2.24) is 0 Å². The Morgan fingerprint density at radius 1 is 1.19 bits per heavy atom. The molecule has 144 valence electrons. The van der Waals surface area contributed by atoms with Crippen molar-refractivity contribution in [3.8, 4) is 5.75 Å². The van der Waals surface area contributed by atoms with Gasteiger partial charge in [-0.05, 0) is 56.2 Å².